The number of pyridine rings is 1. The number of benzene rings is 1. The van der Waals surface area contributed by atoms with Crippen molar-refractivity contribution in [1.82, 2.24) is 4.98 Å². The number of hydrogen-bond donors (Lipinski definition) is 1. The second-order valence-corrected chi connectivity index (χ2v) is 6.03. The number of hydrogen-bond acceptors (Lipinski definition) is 3. The molecule has 24 heavy (non-hydrogen) atoms. The zero-order valence-electron chi connectivity index (χ0n) is 13.9. The summed E-state index contributed by atoms with van der Waals surface area (Å²) in [6.07, 6.45) is 5.10. The zero-order valence-corrected chi connectivity index (χ0v) is 13.9. The Balaban J connectivity index is 2.08. The maximum atomic E-state index is 14.3. The summed E-state index contributed by atoms with van der Waals surface area (Å²) >= 11 is 0. The maximum absolute atomic E-state index is 14.3. The van der Waals surface area contributed by atoms with E-state index in [-0.39, 0.29) is 11.7 Å². The quantitative estimate of drug-likeness (QED) is 0.894. The highest BCUT2D eigenvalue weighted by molar-refractivity contribution is 5.99. The van der Waals surface area contributed by atoms with Crippen molar-refractivity contribution in [2.45, 2.75) is 32.6 Å². The highest BCUT2D eigenvalue weighted by Crippen LogP contribution is 2.37. The smallest absolute Gasteiger partial charge is 0.224 e. The fourth-order valence-electron chi connectivity index (χ4n) is 3.08. The lowest BCUT2D eigenvalue weighted by Crippen LogP contribution is -2.22. The number of anilines is 2. The summed E-state index contributed by atoms with van der Waals surface area (Å²) in [5.41, 5.74) is 1.77. The van der Waals surface area contributed by atoms with Crippen LogP contribution in [0.5, 0.6) is 0 Å². The number of nitrogens with zero attached hydrogens (tertiary/aromatic N) is 2. The first kappa shape index (κ1) is 16.4. The van der Waals surface area contributed by atoms with Gasteiger partial charge in [0.05, 0.1) is 5.69 Å². The Bertz CT molecular complexity index is 726. The molecule has 0 atom stereocenters. The summed E-state index contributed by atoms with van der Waals surface area (Å²) in [5.74, 6) is 0.364. The van der Waals surface area contributed by atoms with Crippen LogP contribution in [0.25, 0.3) is 11.1 Å². The third-order valence-electron chi connectivity index (χ3n) is 4.24. The van der Waals surface area contributed by atoms with E-state index in [1.807, 2.05) is 6.92 Å². The number of aromatic nitrogens is 1. The topological polar surface area (TPSA) is 45.2 Å². The number of carbonyl (C=O) groups is 1. The van der Waals surface area contributed by atoms with Crippen molar-refractivity contribution in [3.63, 3.8) is 0 Å². The van der Waals surface area contributed by atoms with Crippen molar-refractivity contribution in [3.8, 4) is 11.1 Å². The first-order chi connectivity index (χ1) is 11.7. The van der Waals surface area contributed by atoms with Crippen molar-refractivity contribution in [2.75, 3.05) is 23.3 Å². The van der Waals surface area contributed by atoms with Gasteiger partial charge in [-0.3, -0.25) is 4.79 Å². The Kier molecular flexibility index (Phi) is 5.08. The Morgan fingerprint density at radius 1 is 1.21 bits per heavy atom. The van der Waals surface area contributed by atoms with Crippen molar-refractivity contribution >= 4 is 17.4 Å². The van der Waals surface area contributed by atoms with E-state index in [2.05, 4.69) is 15.2 Å². The van der Waals surface area contributed by atoms with Crippen LogP contribution in [0.15, 0.2) is 36.5 Å². The minimum Gasteiger partial charge on any atom is -0.355 e. The van der Waals surface area contributed by atoms with Crippen LogP contribution in [0.4, 0.5) is 15.9 Å². The largest absolute Gasteiger partial charge is 0.355 e. The average Bonchev–Trinajstić information content (AvgIpc) is 3.10. The predicted octanol–water partition coefficient (Wildman–Crippen LogP) is 4.23. The summed E-state index contributed by atoms with van der Waals surface area (Å²) in [6, 6.07) is 8.39. The van der Waals surface area contributed by atoms with Crippen molar-refractivity contribution in [2.24, 2.45) is 0 Å². The van der Waals surface area contributed by atoms with E-state index in [0.717, 1.165) is 38.2 Å². The molecule has 1 fully saturated rings. The van der Waals surface area contributed by atoms with Gasteiger partial charge < -0.3 is 10.2 Å². The van der Waals surface area contributed by atoms with Gasteiger partial charge in [-0.15, -0.1) is 0 Å². The molecule has 0 spiro atoms. The molecule has 1 aliphatic rings. The maximum Gasteiger partial charge on any atom is 0.224 e. The molecule has 0 bridgehead atoms. The Labute approximate surface area is 141 Å². The van der Waals surface area contributed by atoms with E-state index in [4.69, 9.17) is 0 Å². The van der Waals surface area contributed by atoms with Crippen molar-refractivity contribution in [1.29, 1.82) is 0 Å². The molecule has 2 heterocycles. The Hall–Kier alpha value is -2.43. The van der Waals surface area contributed by atoms with E-state index in [9.17, 15) is 9.18 Å². The van der Waals surface area contributed by atoms with E-state index in [1.165, 1.54) is 6.07 Å². The van der Waals surface area contributed by atoms with Gasteiger partial charge in [-0.1, -0.05) is 25.1 Å². The van der Waals surface area contributed by atoms with E-state index < -0.39 is 0 Å². The van der Waals surface area contributed by atoms with Gasteiger partial charge in [-0.25, -0.2) is 9.37 Å². The highest BCUT2D eigenvalue weighted by atomic mass is 19.1. The van der Waals surface area contributed by atoms with E-state index in [1.54, 1.807) is 30.5 Å². The molecule has 0 aliphatic carbocycles. The van der Waals surface area contributed by atoms with Crippen LogP contribution in [-0.2, 0) is 4.79 Å². The van der Waals surface area contributed by atoms with Crippen LogP contribution < -0.4 is 10.2 Å². The van der Waals surface area contributed by atoms with Crippen LogP contribution >= 0.6 is 0 Å². The summed E-state index contributed by atoms with van der Waals surface area (Å²) < 4.78 is 14.3. The number of nitrogens with one attached hydrogen (secondary N) is 1. The molecule has 4 nitrogen and oxygen atoms in total. The molecule has 0 radical (unpaired) electrons. The average molecular weight is 327 g/mol. The van der Waals surface area contributed by atoms with Gasteiger partial charge in [-0.05, 0) is 31.4 Å². The summed E-state index contributed by atoms with van der Waals surface area (Å²) in [6.45, 7) is 3.77. The van der Waals surface area contributed by atoms with Crippen molar-refractivity contribution < 1.29 is 9.18 Å². The predicted molar refractivity (Wildman–Crippen MR) is 94.6 cm³/mol. The number of rotatable bonds is 5. The second kappa shape index (κ2) is 7.43. The first-order valence-corrected chi connectivity index (χ1v) is 8.49. The lowest BCUT2D eigenvalue weighted by atomic mass is 10.0. The fraction of sp³-hybridized carbons (Fsp3) is 0.368. The van der Waals surface area contributed by atoms with Gasteiger partial charge in [0.15, 0.2) is 5.82 Å². The molecule has 2 aromatic rings. The van der Waals surface area contributed by atoms with Crippen molar-refractivity contribution in [3.05, 3.63) is 42.3 Å². The molecule has 1 aromatic heterocycles. The molecule has 1 saturated heterocycles. The first-order valence-electron chi connectivity index (χ1n) is 8.49. The Morgan fingerprint density at radius 3 is 2.67 bits per heavy atom. The molecule has 0 saturated carbocycles. The number of amides is 1. The van der Waals surface area contributed by atoms with Gasteiger partial charge in [0.1, 0.15) is 5.82 Å². The van der Waals surface area contributed by atoms with Gasteiger partial charge in [0.2, 0.25) is 5.91 Å². The molecule has 1 aliphatic heterocycles. The molecular formula is C19H22FN3O. The molecule has 5 heteroatoms. The lowest BCUT2D eigenvalue weighted by Gasteiger charge is -2.22. The molecule has 0 unspecified atom stereocenters. The Morgan fingerprint density at radius 2 is 1.96 bits per heavy atom. The van der Waals surface area contributed by atoms with Crippen LogP contribution in [-0.4, -0.2) is 24.0 Å². The standard InChI is InChI=1S/C19H22FN3O/c1-2-7-17(24)22-18-15(14-8-3-4-9-16(14)20)10-11-21-19(18)23-12-5-6-13-23/h3-4,8-11H,2,5-7,12-13H2,1H3,(H,22,24). The fourth-order valence-corrected chi connectivity index (χ4v) is 3.08. The normalized spacial score (nSPS) is 14.0. The van der Waals surface area contributed by atoms with Crippen LogP contribution in [0, 0.1) is 5.82 Å². The minimum absolute atomic E-state index is 0.0662. The van der Waals surface area contributed by atoms with Crippen LogP contribution in [0.1, 0.15) is 32.6 Å². The molecular weight excluding hydrogens is 305 g/mol. The SMILES string of the molecule is CCCC(=O)Nc1c(-c2ccccc2F)ccnc1N1CCCC1. The van der Waals surface area contributed by atoms with Gasteiger partial charge >= 0.3 is 0 Å². The lowest BCUT2D eigenvalue weighted by molar-refractivity contribution is -0.116. The van der Waals surface area contributed by atoms with E-state index in [0.29, 0.717) is 23.2 Å². The highest BCUT2D eigenvalue weighted by Gasteiger charge is 2.22. The molecule has 3 rings (SSSR count). The monoisotopic (exact) mass is 327 g/mol. The van der Waals surface area contributed by atoms with Gasteiger partial charge in [0, 0.05) is 36.8 Å². The molecule has 1 amide bonds. The number of halogens is 1. The third-order valence-corrected chi connectivity index (χ3v) is 4.24. The number of carbonyl (C=O) groups excluding carboxylic acids is 1. The van der Waals surface area contributed by atoms with Gasteiger partial charge in [0.25, 0.3) is 0 Å². The summed E-state index contributed by atoms with van der Waals surface area (Å²) in [5, 5.41) is 2.97. The molecule has 126 valence electrons. The van der Waals surface area contributed by atoms with Crippen LogP contribution in [0.3, 0.4) is 0 Å². The van der Waals surface area contributed by atoms with Gasteiger partial charge in [-0.2, -0.15) is 0 Å². The van der Waals surface area contributed by atoms with E-state index >= 15 is 0 Å². The summed E-state index contributed by atoms with van der Waals surface area (Å²) in [4.78, 5) is 18.8. The third kappa shape index (κ3) is 3.40. The van der Waals surface area contributed by atoms with Crippen LogP contribution in [0.2, 0.25) is 0 Å². The molecule has 1 N–H and O–H groups in total. The zero-order chi connectivity index (χ0) is 16.9. The molecule has 1 aromatic carbocycles. The minimum atomic E-state index is -0.304. The second-order valence-electron chi connectivity index (χ2n) is 6.03. The summed E-state index contributed by atoms with van der Waals surface area (Å²) in [7, 11) is 0.